The molecule has 8 heteroatoms. The zero-order valence-electron chi connectivity index (χ0n) is 18.0. The molecule has 1 aliphatic heterocycles. The van der Waals surface area contributed by atoms with Gasteiger partial charge in [-0.05, 0) is 43.2 Å². The number of carbonyl (C=O) groups excluding carboxylic acids is 1. The quantitative estimate of drug-likeness (QED) is 0.290. The van der Waals surface area contributed by atoms with Crippen LogP contribution in [0.1, 0.15) is 24.2 Å². The number of aliphatic imine (C=N–C) groups is 1. The Bertz CT molecular complexity index is 1060. The first-order valence-electron chi connectivity index (χ1n) is 10.4. The third-order valence-electron chi connectivity index (χ3n) is 5.48. The Balaban J connectivity index is 0.00000272. The van der Waals surface area contributed by atoms with Crippen LogP contribution in [-0.4, -0.2) is 41.6 Å². The van der Waals surface area contributed by atoms with E-state index < -0.39 is 0 Å². The third-order valence-corrected chi connectivity index (χ3v) is 5.48. The van der Waals surface area contributed by atoms with Gasteiger partial charge >= 0.3 is 0 Å². The number of aromatic nitrogens is 2. The number of aryl methyl sites for hydroxylation is 1. The van der Waals surface area contributed by atoms with Crippen LogP contribution in [0.5, 0.6) is 0 Å². The zero-order chi connectivity index (χ0) is 20.9. The Labute approximate surface area is 200 Å². The first kappa shape index (κ1) is 23.1. The summed E-state index contributed by atoms with van der Waals surface area (Å²) in [4.78, 5) is 22.7. The second-order valence-electron chi connectivity index (χ2n) is 7.47. The van der Waals surface area contributed by atoms with E-state index >= 15 is 0 Å². The van der Waals surface area contributed by atoms with E-state index in [9.17, 15) is 4.79 Å². The molecule has 0 spiro atoms. The van der Waals surface area contributed by atoms with E-state index in [4.69, 9.17) is 0 Å². The fourth-order valence-electron chi connectivity index (χ4n) is 3.89. The van der Waals surface area contributed by atoms with Gasteiger partial charge in [-0.15, -0.1) is 24.0 Å². The molecule has 2 heterocycles. The van der Waals surface area contributed by atoms with Crippen molar-refractivity contribution < 1.29 is 4.79 Å². The molecule has 0 atom stereocenters. The van der Waals surface area contributed by atoms with Gasteiger partial charge in [0.2, 0.25) is 5.91 Å². The number of rotatable bonds is 6. The van der Waals surface area contributed by atoms with Crippen LogP contribution >= 0.6 is 24.0 Å². The van der Waals surface area contributed by atoms with E-state index in [-0.39, 0.29) is 29.9 Å². The van der Waals surface area contributed by atoms with Gasteiger partial charge < -0.3 is 20.1 Å². The summed E-state index contributed by atoms with van der Waals surface area (Å²) in [5.74, 6) is 1.99. The molecule has 0 saturated carbocycles. The number of carbonyl (C=O) groups is 1. The Kier molecular flexibility index (Phi) is 7.89. The average Bonchev–Trinajstić information content (AvgIpc) is 3.33. The molecular formula is C23H29IN6O. The van der Waals surface area contributed by atoms with Crippen LogP contribution < -0.4 is 15.5 Å². The third kappa shape index (κ3) is 5.36. The summed E-state index contributed by atoms with van der Waals surface area (Å²) in [6, 6.07) is 16.3. The molecule has 0 aliphatic carbocycles. The Morgan fingerprint density at radius 1 is 1.13 bits per heavy atom. The molecule has 2 aromatic carbocycles. The number of nitrogens with zero attached hydrogens (tertiary/aromatic N) is 4. The number of benzene rings is 2. The highest BCUT2D eigenvalue weighted by Gasteiger charge is 2.21. The van der Waals surface area contributed by atoms with Crippen LogP contribution in [0.4, 0.5) is 5.69 Å². The summed E-state index contributed by atoms with van der Waals surface area (Å²) < 4.78 is 2.22. The summed E-state index contributed by atoms with van der Waals surface area (Å²) in [5.41, 5.74) is 4.30. The van der Waals surface area contributed by atoms with Crippen molar-refractivity contribution in [1.82, 2.24) is 20.2 Å². The first-order valence-corrected chi connectivity index (χ1v) is 10.4. The maximum absolute atomic E-state index is 11.9. The van der Waals surface area contributed by atoms with Crippen molar-refractivity contribution in [2.75, 3.05) is 25.0 Å². The molecule has 1 aromatic heterocycles. The van der Waals surface area contributed by atoms with E-state index in [0.29, 0.717) is 13.0 Å². The van der Waals surface area contributed by atoms with Gasteiger partial charge in [0.1, 0.15) is 5.82 Å². The molecule has 31 heavy (non-hydrogen) atoms. The van der Waals surface area contributed by atoms with Crippen molar-refractivity contribution in [2.45, 2.75) is 32.9 Å². The summed E-state index contributed by atoms with van der Waals surface area (Å²) in [7, 11) is 1.77. The number of anilines is 1. The van der Waals surface area contributed by atoms with Crippen molar-refractivity contribution in [3.63, 3.8) is 0 Å². The molecule has 2 N–H and O–H groups in total. The monoisotopic (exact) mass is 532 g/mol. The van der Waals surface area contributed by atoms with Gasteiger partial charge in [-0.2, -0.15) is 0 Å². The number of hydrogen-bond acceptors (Lipinski definition) is 3. The molecule has 4 rings (SSSR count). The molecule has 3 aromatic rings. The van der Waals surface area contributed by atoms with Crippen LogP contribution in [0, 0.1) is 6.92 Å². The Morgan fingerprint density at radius 2 is 1.90 bits per heavy atom. The van der Waals surface area contributed by atoms with Gasteiger partial charge in [-0.3, -0.25) is 9.79 Å². The van der Waals surface area contributed by atoms with Gasteiger partial charge in [0.25, 0.3) is 0 Å². The van der Waals surface area contributed by atoms with Gasteiger partial charge in [0.15, 0.2) is 5.96 Å². The maximum atomic E-state index is 11.9. The van der Waals surface area contributed by atoms with Crippen molar-refractivity contribution in [3.8, 4) is 0 Å². The minimum atomic E-state index is 0. The van der Waals surface area contributed by atoms with Crippen LogP contribution in [0.15, 0.2) is 53.5 Å². The highest BCUT2D eigenvalue weighted by atomic mass is 127. The van der Waals surface area contributed by atoms with Gasteiger partial charge in [-0.1, -0.05) is 24.3 Å². The van der Waals surface area contributed by atoms with E-state index in [2.05, 4.69) is 43.4 Å². The molecule has 0 bridgehead atoms. The topological polar surface area (TPSA) is 74.6 Å². The SMILES string of the molecule is CN=C(NCCn1c(C)nc2ccccc21)NCc1ccc(N2CCCC2=O)cc1.I. The van der Waals surface area contributed by atoms with Crippen molar-refractivity contribution in [3.05, 3.63) is 59.9 Å². The molecule has 164 valence electrons. The fraction of sp³-hybridized carbons (Fsp3) is 0.348. The largest absolute Gasteiger partial charge is 0.355 e. The number of guanidine groups is 1. The standard InChI is InChI=1S/C23H28N6O.HI/c1-17-27-20-6-3-4-7-21(20)28(17)15-13-25-23(24-2)26-16-18-9-11-19(12-10-18)29-14-5-8-22(29)30;/h3-4,6-7,9-12H,5,8,13-16H2,1-2H3,(H2,24,25,26);1H. The zero-order valence-corrected chi connectivity index (χ0v) is 20.3. The molecule has 1 saturated heterocycles. The van der Waals surface area contributed by atoms with Crippen LogP contribution in [0.25, 0.3) is 11.0 Å². The van der Waals surface area contributed by atoms with Crippen LogP contribution in [0.3, 0.4) is 0 Å². The second-order valence-corrected chi connectivity index (χ2v) is 7.47. The minimum absolute atomic E-state index is 0. The first-order chi connectivity index (χ1) is 14.7. The Morgan fingerprint density at radius 3 is 2.61 bits per heavy atom. The number of fused-ring (bicyclic) bond motifs is 1. The van der Waals surface area contributed by atoms with E-state index in [1.54, 1.807) is 7.05 Å². The summed E-state index contributed by atoms with van der Waals surface area (Å²) >= 11 is 0. The van der Waals surface area contributed by atoms with Crippen LogP contribution in [0.2, 0.25) is 0 Å². The smallest absolute Gasteiger partial charge is 0.227 e. The van der Waals surface area contributed by atoms with Gasteiger partial charge in [0, 0.05) is 45.3 Å². The van der Waals surface area contributed by atoms with E-state index in [1.807, 2.05) is 42.2 Å². The molecule has 1 aliphatic rings. The predicted octanol–water partition coefficient (Wildman–Crippen LogP) is 3.45. The lowest BCUT2D eigenvalue weighted by molar-refractivity contribution is -0.117. The Hall–Kier alpha value is -2.62. The number of amides is 1. The highest BCUT2D eigenvalue weighted by molar-refractivity contribution is 14.0. The molecule has 7 nitrogen and oxygen atoms in total. The number of imidazole rings is 1. The molecular weight excluding hydrogens is 503 g/mol. The molecule has 0 unspecified atom stereocenters. The van der Waals surface area contributed by atoms with E-state index in [0.717, 1.165) is 60.1 Å². The lowest BCUT2D eigenvalue weighted by Crippen LogP contribution is -2.38. The number of para-hydroxylation sites is 2. The molecule has 1 fully saturated rings. The van der Waals surface area contributed by atoms with Gasteiger partial charge in [0.05, 0.1) is 11.0 Å². The average molecular weight is 532 g/mol. The number of nitrogens with one attached hydrogen (secondary N) is 2. The second kappa shape index (κ2) is 10.6. The molecule has 1 amide bonds. The highest BCUT2D eigenvalue weighted by Crippen LogP contribution is 2.21. The van der Waals surface area contributed by atoms with Crippen molar-refractivity contribution in [2.24, 2.45) is 4.99 Å². The van der Waals surface area contributed by atoms with Crippen molar-refractivity contribution >= 4 is 52.6 Å². The maximum Gasteiger partial charge on any atom is 0.227 e. The lowest BCUT2D eigenvalue weighted by atomic mass is 10.2. The minimum Gasteiger partial charge on any atom is -0.355 e. The summed E-state index contributed by atoms with van der Waals surface area (Å²) in [6.45, 7) is 5.08. The van der Waals surface area contributed by atoms with Crippen molar-refractivity contribution in [1.29, 1.82) is 0 Å². The van der Waals surface area contributed by atoms with Crippen LogP contribution in [-0.2, 0) is 17.9 Å². The van der Waals surface area contributed by atoms with E-state index in [1.165, 1.54) is 0 Å². The number of halogens is 1. The predicted molar refractivity (Wildman–Crippen MR) is 136 cm³/mol. The normalized spacial score (nSPS) is 14.1. The van der Waals surface area contributed by atoms with Gasteiger partial charge in [-0.25, -0.2) is 4.98 Å². The fourth-order valence-corrected chi connectivity index (χ4v) is 3.89. The molecule has 0 radical (unpaired) electrons. The summed E-state index contributed by atoms with van der Waals surface area (Å²) in [6.07, 6.45) is 1.60. The summed E-state index contributed by atoms with van der Waals surface area (Å²) in [5, 5.41) is 6.72. The number of hydrogen-bond donors (Lipinski definition) is 2. The lowest BCUT2D eigenvalue weighted by Gasteiger charge is -2.16.